The standard InChI is InChI=1S/C21H25N3O2.C5H5.Fe/c1-15(7-5-12-23-21(25)16-8-3-4-9-16)24-19-14-18(26-2)13-17-10-6-11-22-20(17)19;1-2-4-5-3-1;/h3-4,6,8-11,13-15,23-25H,5,7,12H2,1-2H3;1-5H;/q;-1;+2/p-1. The molecule has 32 heavy (non-hydrogen) atoms. The molecule has 6 heteroatoms. The minimum Gasteiger partial charge on any atom is -0.860 e. The van der Waals surface area contributed by atoms with E-state index in [4.69, 9.17) is 4.74 Å². The summed E-state index contributed by atoms with van der Waals surface area (Å²) in [6, 6.07) is 18.2. The van der Waals surface area contributed by atoms with Crippen LogP contribution in [0, 0.1) is 0 Å². The van der Waals surface area contributed by atoms with Crippen LogP contribution in [0.5, 0.6) is 5.75 Å². The molecule has 2 N–H and O–H groups in total. The summed E-state index contributed by atoms with van der Waals surface area (Å²) in [7, 11) is 1.67. The fourth-order valence-electron chi connectivity index (χ4n) is 3.29. The van der Waals surface area contributed by atoms with Crippen LogP contribution in [0.4, 0.5) is 5.69 Å². The first-order valence-corrected chi connectivity index (χ1v) is 10.5. The summed E-state index contributed by atoms with van der Waals surface area (Å²) in [6.45, 7) is 2.79. The molecule has 4 rings (SSSR count). The molecule has 1 aromatic heterocycles. The molecule has 1 heterocycles. The van der Waals surface area contributed by atoms with Crippen molar-refractivity contribution < 1.29 is 26.9 Å². The SMILES string of the molecule is COc1cc(NC(C)CCCNC([O-])=C2C=CC=C2)c2ncccc2c1.[Fe+2].c1cc[cH-]c1. The van der Waals surface area contributed by atoms with Crippen molar-refractivity contribution in [3.05, 3.63) is 96.6 Å². The van der Waals surface area contributed by atoms with Crippen molar-refractivity contribution in [3.8, 4) is 5.75 Å². The topological polar surface area (TPSA) is 69.2 Å². The van der Waals surface area contributed by atoms with Crippen LogP contribution in [-0.4, -0.2) is 24.7 Å². The normalized spacial score (nSPS) is 12.5. The van der Waals surface area contributed by atoms with Gasteiger partial charge in [-0.25, -0.2) is 12.1 Å². The van der Waals surface area contributed by atoms with E-state index in [0.29, 0.717) is 12.1 Å². The molecule has 0 bridgehead atoms. The number of nitrogens with one attached hydrogen (secondary N) is 2. The molecule has 168 valence electrons. The molecule has 1 aliphatic rings. The number of allylic oxidation sites excluding steroid dienone is 5. The third-order valence-corrected chi connectivity index (χ3v) is 4.90. The van der Waals surface area contributed by atoms with Crippen LogP contribution < -0.4 is 20.5 Å². The number of anilines is 1. The third kappa shape index (κ3) is 7.56. The number of methoxy groups -OCH3 is 1. The van der Waals surface area contributed by atoms with Gasteiger partial charge in [0.2, 0.25) is 0 Å². The van der Waals surface area contributed by atoms with Crippen molar-refractivity contribution >= 4 is 16.6 Å². The van der Waals surface area contributed by atoms with Gasteiger partial charge in [-0.2, -0.15) is 18.2 Å². The van der Waals surface area contributed by atoms with E-state index >= 15 is 0 Å². The van der Waals surface area contributed by atoms with Crippen LogP contribution in [0.3, 0.4) is 0 Å². The van der Waals surface area contributed by atoms with E-state index in [2.05, 4.69) is 22.5 Å². The Morgan fingerprint density at radius 2 is 1.91 bits per heavy atom. The maximum Gasteiger partial charge on any atom is 2.00 e. The number of nitrogens with zero attached hydrogens (tertiary/aromatic N) is 1. The Morgan fingerprint density at radius 3 is 2.56 bits per heavy atom. The molecule has 3 aromatic rings. The van der Waals surface area contributed by atoms with Crippen LogP contribution in [0.1, 0.15) is 19.8 Å². The van der Waals surface area contributed by atoms with Gasteiger partial charge in [0.15, 0.2) is 0 Å². The zero-order chi connectivity index (χ0) is 21.9. The molecule has 0 fully saturated rings. The summed E-state index contributed by atoms with van der Waals surface area (Å²) in [4.78, 5) is 4.48. The van der Waals surface area contributed by atoms with E-state index in [1.807, 2.05) is 78.9 Å². The Balaban J connectivity index is 0.000000534. The van der Waals surface area contributed by atoms with E-state index in [0.717, 1.165) is 35.2 Å². The quantitative estimate of drug-likeness (QED) is 0.219. The average molecular weight is 471 g/mol. The summed E-state index contributed by atoms with van der Waals surface area (Å²) >= 11 is 0. The van der Waals surface area contributed by atoms with Crippen molar-refractivity contribution in [1.29, 1.82) is 0 Å². The van der Waals surface area contributed by atoms with Crippen molar-refractivity contribution in [2.75, 3.05) is 19.0 Å². The monoisotopic (exact) mass is 471 g/mol. The smallest absolute Gasteiger partial charge is 0.860 e. The fraction of sp³-hybridized carbons (Fsp3) is 0.231. The number of rotatable bonds is 8. The molecule has 0 saturated carbocycles. The summed E-state index contributed by atoms with van der Waals surface area (Å²) in [5.41, 5.74) is 2.61. The Labute approximate surface area is 200 Å². The van der Waals surface area contributed by atoms with E-state index < -0.39 is 0 Å². The second kappa shape index (κ2) is 13.4. The van der Waals surface area contributed by atoms with Gasteiger partial charge in [0.1, 0.15) is 5.75 Å². The van der Waals surface area contributed by atoms with Crippen LogP contribution in [-0.2, 0) is 17.1 Å². The first-order chi connectivity index (χ1) is 15.2. The summed E-state index contributed by atoms with van der Waals surface area (Å²) < 4.78 is 5.39. The average Bonchev–Trinajstić information content (AvgIpc) is 3.53. The summed E-state index contributed by atoms with van der Waals surface area (Å²) in [5, 5.41) is 19.4. The van der Waals surface area contributed by atoms with Crippen molar-refractivity contribution in [3.63, 3.8) is 0 Å². The number of benzene rings is 1. The number of hydrogen-bond acceptors (Lipinski definition) is 5. The largest absolute Gasteiger partial charge is 2.00 e. The number of hydrogen-bond donors (Lipinski definition) is 2. The molecule has 0 saturated heterocycles. The maximum atomic E-state index is 11.9. The number of aromatic nitrogens is 1. The second-order valence-corrected chi connectivity index (χ2v) is 7.33. The molecular weight excluding hydrogens is 442 g/mol. The maximum absolute atomic E-state index is 11.9. The molecular formula is C26H29FeN3O2. The molecule has 0 amide bonds. The minimum absolute atomic E-state index is 0. The van der Waals surface area contributed by atoms with Crippen LogP contribution >= 0.6 is 0 Å². The molecule has 0 spiro atoms. The molecule has 5 nitrogen and oxygen atoms in total. The molecule has 1 atom stereocenters. The zero-order valence-electron chi connectivity index (χ0n) is 18.4. The van der Waals surface area contributed by atoms with E-state index in [9.17, 15) is 5.11 Å². The van der Waals surface area contributed by atoms with Gasteiger partial charge in [0, 0.05) is 30.2 Å². The first-order valence-electron chi connectivity index (χ1n) is 10.5. The van der Waals surface area contributed by atoms with Gasteiger partial charge in [-0.3, -0.25) is 4.98 Å². The van der Waals surface area contributed by atoms with Gasteiger partial charge in [-0.1, -0.05) is 30.4 Å². The summed E-state index contributed by atoms with van der Waals surface area (Å²) in [6.07, 6.45) is 11.0. The Hall–Kier alpha value is -3.08. The molecule has 0 radical (unpaired) electrons. The van der Waals surface area contributed by atoms with E-state index in [-0.39, 0.29) is 29.0 Å². The van der Waals surface area contributed by atoms with E-state index in [1.54, 1.807) is 13.3 Å². The minimum atomic E-state index is -0.0152. The fourth-order valence-corrected chi connectivity index (χ4v) is 3.29. The predicted molar refractivity (Wildman–Crippen MR) is 126 cm³/mol. The van der Waals surface area contributed by atoms with Gasteiger partial charge >= 0.3 is 17.1 Å². The Morgan fingerprint density at radius 1 is 1.16 bits per heavy atom. The van der Waals surface area contributed by atoms with Crippen molar-refractivity contribution in [2.24, 2.45) is 0 Å². The Kier molecular flexibility index (Phi) is 10.5. The van der Waals surface area contributed by atoms with Crippen molar-refractivity contribution in [1.82, 2.24) is 10.3 Å². The predicted octanol–water partition coefficient (Wildman–Crippen LogP) is 4.51. The van der Waals surface area contributed by atoms with Crippen LogP contribution in [0.2, 0.25) is 0 Å². The van der Waals surface area contributed by atoms with Gasteiger partial charge in [0.25, 0.3) is 0 Å². The first kappa shape index (κ1) is 25.2. The molecule has 0 aliphatic heterocycles. The molecule has 2 aromatic carbocycles. The second-order valence-electron chi connectivity index (χ2n) is 7.33. The van der Waals surface area contributed by atoms with Gasteiger partial charge in [-0.15, -0.1) is 0 Å². The van der Waals surface area contributed by atoms with Gasteiger partial charge in [-0.05, 0) is 43.4 Å². The van der Waals surface area contributed by atoms with Gasteiger partial charge < -0.3 is 20.5 Å². The summed E-state index contributed by atoms with van der Waals surface area (Å²) in [5.74, 6) is 0.792. The van der Waals surface area contributed by atoms with E-state index in [1.165, 1.54) is 0 Å². The van der Waals surface area contributed by atoms with Gasteiger partial charge in [0.05, 0.1) is 18.3 Å². The number of pyridine rings is 1. The Bertz CT molecular complexity index is 1010. The molecule has 1 aliphatic carbocycles. The number of ether oxygens (including phenoxy) is 1. The molecule has 1 unspecified atom stereocenters. The third-order valence-electron chi connectivity index (χ3n) is 4.90. The van der Waals surface area contributed by atoms with Crippen LogP contribution in [0.15, 0.2) is 96.6 Å². The van der Waals surface area contributed by atoms with Crippen molar-refractivity contribution in [2.45, 2.75) is 25.8 Å². The number of fused-ring (bicyclic) bond motifs is 1. The zero-order valence-corrected chi connectivity index (χ0v) is 19.5. The van der Waals surface area contributed by atoms with Crippen LogP contribution in [0.25, 0.3) is 10.9 Å².